The maximum absolute atomic E-state index is 12.9. The van der Waals surface area contributed by atoms with Crippen LogP contribution in [0.2, 0.25) is 0 Å². The summed E-state index contributed by atoms with van der Waals surface area (Å²) in [5, 5.41) is 6.72. The molecule has 3 nitrogen and oxygen atoms in total. The Labute approximate surface area is 125 Å². The van der Waals surface area contributed by atoms with Gasteiger partial charge in [0.05, 0.1) is 5.41 Å². The van der Waals surface area contributed by atoms with Gasteiger partial charge in [-0.1, -0.05) is 34.1 Å². The zero-order valence-corrected chi connectivity index (χ0v) is 14.4. The van der Waals surface area contributed by atoms with Crippen molar-refractivity contribution in [3.05, 3.63) is 0 Å². The van der Waals surface area contributed by atoms with Gasteiger partial charge in [0.15, 0.2) is 0 Å². The van der Waals surface area contributed by atoms with Gasteiger partial charge in [-0.15, -0.1) is 0 Å². The summed E-state index contributed by atoms with van der Waals surface area (Å²) in [6.07, 6.45) is 5.02. The number of nitrogens with one attached hydrogen (secondary N) is 2. The summed E-state index contributed by atoms with van der Waals surface area (Å²) in [5.41, 5.74) is -0.0566. The first-order valence-electron chi connectivity index (χ1n) is 8.14. The van der Waals surface area contributed by atoms with Crippen molar-refractivity contribution < 1.29 is 4.79 Å². The van der Waals surface area contributed by atoms with Crippen molar-refractivity contribution in [3.63, 3.8) is 0 Å². The molecule has 0 unspecified atom stereocenters. The molecule has 0 bridgehead atoms. The van der Waals surface area contributed by atoms with Gasteiger partial charge in [0.1, 0.15) is 0 Å². The summed E-state index contributed by atoms with van der Waals surface area (Å²) < 4.78 is 0. The molecule has 1 heterocycles. The van der Waals surface area contributed by atoms with E-state index in [9.17, 15) is 4.79 Å². The van der Waals surface area contributed by atoms with E-state index in [2.05, 4.69) is 52.2 Å². The van der Waals surface area contributed by atoms with Crippen LogP contribution in [0.3, 0.4) is 0 Å². The molecule has 0 aromatic carbocycles. The minimum atomic E-state index is -0.144. The molecule has 0 radical (unpaired) electrons. The average molecular weight is 282 g/mol. The molecule has 1 rings (SSSR count). The van der Waals surface area contributed by atoms with E-state index in [0.717, 1.165) is 45.2 Å². The number of carbonyl (C=O) groups is 1. The first-order chi connectivity index (χ1) is 9.10. The molecule has 118 valence electrons. The van der Waals surface area contributed by atoms with Gasteiger partial charge in [0, 0.05) is 5.54 Å². The molecule has 2 N–H and O–H groups in total. The summed E-state index contributed by atoms with van der Waals surface area (Å²) in [4.78, 5) is 12.9. The highest BCUT2D eigenvalue weighted by molar-refractivity contribution is 5.83. The summed E-state index contributed by atoms with van der Waals surface area (Å²) in [5.74, 6) is 0.273. The maximum atomic E-state index is 12.9. The summed E-state index contributed by atoms with van der Waals surface area (Å²) in [6, 6.07) is 0. The largest absolute Gasteiger partial charge is 0.351 e. The van der Waals surface area contributed by atoms with Gasteiger partial charge in [-0.3, -0.25) is 4.79 Å². The van der Waals surface area contributed by atoms with Gasteiger partial charge >= 0.3 is 0 Å². The Kier molecular flexibility index (Phi) is 5.65. The minimum Gasteiger partial charge on any atom is -0.351 e. The van der Waals surface area contributed by atoms with Crippen molar-refractivity contribution in [1.82, 2.24) is 10.6 Å². The molecule has 1 aliphatic heterocycles. The highest BCUT2D eigenvalue weighted by Gasteiger charge is 2.41. The third-order valence-corrected chi connectivity index (χ3v) is 4.20. The number of hydrogen-bond acceptors (Lipinski definition) is 2. The lowest BCUT2D eigenvalue weighted by molar-refractivity contribution is -0.135. The fourth-order valence-corrected chi connectivity index (χ4v) is 3.78. The average Bonchev–Trinajstić information content (AvgIpc) is 2.26. The third kappa shape index (κ3) is 5.08. The van der Waals surface area contributed by atoms with Crippen molar-refractivity contribution in [2.24, 2.45) is 10.8 Å². The SMILES string of the molecule is CCCC1(C(=O)NC(C)(C)CC(C)(C)C)CCNCC1. The van der Waals surface area contributed by atoms with E-state index in [0.29, 0.717) is 0 Å². The number of rotatable bonds is 5. The van der Waals surface area contributed by atoms with Crippen LogP contribution in [0.25, 0.3) is 0 Å². The number of piperidine rings is 1. The van der Waals surface area contributed by atoms with E-state index in [-0.39, 0.29) is 22.3 Å². The molecule has 20 heavy (non-hydrogen) atoms. The molecule has 1 amide bonds. The van der Waals surface area contributed by atoms with Gasteiger partial charge in [-0.05, 0) is 58.0 Å². The molecule has 0 aromatic rings. The topological polar surface area (TPSA) is 41.1 Å². The van der Waals surface area contributed by atoms with Crippen molar-refractivity contribution >= 4 is 5.91 Å². The molecule has 3 heteroatoms. The molecule has 0 aromatic heterocycles. The monoisotopic (exact) mass is 282 g/mol. The Morgan fingerprint density at radius 3 is 2.15 bits per heavy atom. The van der Waals surface area contributed by atoms with Crippen LogP contribution >= 0.6 is 0 Å². The minimum absolute atomic E-state index is 0.138. The normalized spacial score (nSPS) is 19.7. The van der Waals surface area contributed by atoms with Crippen molar-refractivity contribution in [1.29, 1.82) is 0 Å². The molecule has 0 spiro atoms. The van der Waals surface area contributed by atoms with Crippen LogP contribution in [-0.4, -0.2) is 24.5 Å². The quantitative estimate of drug-likeness (QED) is 0.810. The van der Waals surface area contributed by atoms with E-state index in [1.54, 1.807) is 0 Å². The van der Waals surface area contributed by atoms with Crippen LogP contribution in [0.5, 0.6) is 0 Å². The zero-order chi connectivity index (χ0) is 15.4. The molecule has 1 aliphatic rings. The summed E-state index contributed by atoms with van der Waals surface area (Å²) >= 11 is 0. The molecule has 1 saturated heterocycles. The van der Waals surface area contributed by atoms with Crippen molar-refractivity contribution in [2.75, 3.05) is 13.1 Å². The Morgan fingerprint density at radius 2 is 1.70 bits per heavy atom. The Hall–Kier alpha value is -0.570. The van der Waals surface area contributed by atoms with E-state index in [1.807, 2.05) is 0 Å². The Bertz CT molecular complexity index is 317. The van der Waals surface area contributed by atoms with Crippen LogP contribution in [0, 0.1) is 10.8 Å². The van der Waals surface area contributed by atoms with Gasteiger partial charge < -0.3 is 10.6 Å². The van der Waals surface area contributed by atoms with Crippen LogP contribution in [0.4, 0.5) is 0 Å². The summed E-state index contributed by atoms with van der Waals surface area (Å²) in [7, 11) is 0. The van der Waals surface area contributed by atoms with E-state index in [4.69, 9.17) is 0 Å². The zero-order valence-electron chi connectivity index (χ0n) is 14.4. The predicted molar refractivity (Wildman–Crippen MR) is 85.7 cm³/mol. The van der Waals surface area contributed by atoms with Crippen LogP contribution in [0.1, 0.15) is 73.6 Å². The lowest BCUT2D eigenvalue weighted by Crippen LogP contribution is -2.54. The Balaban J connectivity index is 2.75. The van der Waals surface area contributed by atoms with Gasteiger partial charge in [-0.2, -0.15) is 0 Å². The fraction of sp³-hybridized carbons (Fsp3) is 0.941. The van der Waals surface area contributed by atoms with Gasteiger partial charge in [0.2, 0.25) is 5.91 Å². The number of carbonyl (C=O) groups excluding carboxylic acids is 1. The Morgan fingerprint density at radius 1 is 1.15 bits per heavy atom. The van der Waals surface area contributed by atoms with Crippen molar-refractivity contribution in [2.45, 2.75) is 79.2 Å². The second-order valence-corrected chi connectivity index (χ2v) is 8.36. The highest BCUT2D eigenvalue weighted by Crippen LogP contribution is 2.36. The molecule has 0 aliphatic carbocycles. The smallest absolute Gasteiger partial charge is 0.226 e. The lowest BCUT2D eigenvalue weighted by atomic mass is 9.73. The van der Waals surface area contributed by atoms with Crippen LogP contribution in [0.15, 0.2) is 0 Å². The maximum Gasteiger partial charge on any atom is 0.226 e. The second-order valence-electron chi connectivity index (χ2n) is 8.36. The third-order valence-electron chi connectivity index (χ3n) is 4.20. The van der Waals surface area contributed by atoms with E-state index in [1.165, 1.54) is 0 Å². The van der Waals surface area contributed by atoms with Crippen LogP contribution in [-0.2, 0) is 4.79 Å². The molecule has 0 saturated carbocycles. The molecular weight excluding hydrogens is 248 g/mol. The molecule has 1 fully saturated rings. The van der Waals surface area contributed by atoms with Gasteiger partial charge in [-0.25, -0.2) is 0 Å². The number of hydrogen-bond donors (Lipinski definition) is 2. The highest BCUT2D eigenvalue weighted by atomic mass is 16.2. The van der Waals surface area contributed by atoms with Gasteiger partial charge in [0.25, 0.3) is 0 Å². The first kappa shape index (κ1) is 17.5. The second kappa shape index (κ2) is 6.46. The predicted octanol–water partition coefficient (Wildman–Crippen LogP) is 3.49. The van der Waals surface area contributed by atoms with Crippen molar-refractivity contribution in [3.8, 4) is 0 Å². The standard InChI is InChI=1S/C17H34N2O/c1-7-8-17(9-11-18-12-10-17)14(20)19-16(5,6)13-15(2,3)4/h18H,7-13H2,1-6H3,(H,19,20). The lowest BCUT2D eigenvalue weighted by Gasteiger charge is -2.41. The van der Waals surface area contributed by atoms with Crippen LogP contribution < -0.4 is 10.6 Å². The first-order valence-corrected chi connectivity index (χ1v) is 8.14. The number of amides is 1. The molecular formula is C17H34N2O. The summed E-state index contributed by atoms with van der Waals surface area (Å²) in [6.45, 7) is 15.1. The molecule has 0 atom stereocenters. The van der Waals surface area contributed by atoms with E-state index >= 15 is 0 Å². The fourth-order valence-electron chi connectivity index (χ4n) is 3.78. The van der Waals surface area contributed by atoms with E-state index < -0.39 is 0 Å².